The van der Waals surface area contributed by atoms with Gasteiger partial charge in [-0.05, 0) is 32.1 Å². The fourth-order valence-electron chi connectivity index (χ4n) is 4.45. The molecule has 0 amide bonds. The molecule has 0 unspecified atom stereocenters. The summed E-state index contributed by atoms with van der Waals surface area (Å²) in [4.78, 5) is 5.29. The molecule has 22 heavy (non-hydrogen) atoms. The third-order valence-electron chi connectivity index (χ3n) is 5.57. The van der Waals surface area contributed by atoms with Crippen molar-refractivity contribution in [1.29, 1.82) is 0 Å². The van der Waals surface area contributed by atoms with E-state index >= 15 is 0 Å². The Morgan fingerprint density at radius 1 is 1.05 bits per heavy atom. The molecule has 3 fully saturated rings. The minimum absolute atomic E-state index is 0.0256. The van der Waals surface area contributed by atoms with Gasteiger partial charge in [0, 0.05) is 10.8 Å². The Bertz CT molecular complexity index is 597. The molecule has 2 heterocycles. The van der Waals surface area contributed by atoms with E-state index in [-0.39, 0.29) is 9.80 Å². The second-order valence-electron chi connectivity index (χ2n) is 6.92. The Morgan fingerprint density at radius 2 is 1.86 bits per heavy atom. The minimum atomic E-state index is -0.134. The van der Waals surface area contributed by atoms with Crippen molar-refractivity contribution in [2.24, 2.45) is 4.99 Å². The molecule has 1 saturated heterocycles. The quantitative estimate of drug-likeness (QED) is 0.735. The molecule has 1 aromatic carbocycles. The number of rotatable bonds is 1. The van der Waals surface area contributed by atoms with Gasteiger partial charge in [0.15, 0.2) is 4.27 Å². The molecule has 3 atom stereocenters. The van der Waals surface area contributed by atoms with Gasteiger partial charge in [0.1, 0.15) is 10.6 Å². The maximum atomic E-state index is 6.73. The largest absolute Gasteiger partial charge is 0.347 e. The molecule has 2 aliphatic heterocycles. The average Bonchev–Trinajstić information content (AvgIpc) is 3.27. The molecule has 4 heteroatoms. The van der Waals surface area contributed by atoms with Crippen LogP contribution in [-0.4, -0.2) is 26.2 Å². The topological polar surface area (TPSA) is 21.6 Å². The summed E-state index contributed by atoms with van der Waals surface area (Å²) in [5.74, 6) is 0. The summed E-state index contributed by atoms with van der Waals surface area (Å²) in [6.07, 6.45) is 9.37. The van der Waals surface area contributed by atoms with E-state index in [1.807, 2.05) is 11.8 Å². The Balaban J connectivity index is 1.54. The Labute approximate surface area is 140 Å². The highest BCUT2D eigenvalue weighted by atomic mass is 32.2. The van der Waals surface area contributed by atoms with E-state index in [0.717, 1.165) is 0 Å². The van der Waals surface area contributed by atoms with Crippen LogP contribution in [0.1, 0.15) is 50.5 Å². The lowest BCUT2D eigenvalue weighted by molar-refractivity contribution is 0.00460. The third kappa shape index (κ3) is 1.90. The molecule has 0 radical (unpaired) electrons. The fraction of sp³-hybridized carbons (Fsp3) is 0.611. The summed E-state index contributed by atoms with van der Waals surface area (Å²) < 4.78 is 6.60. The lowest BCUT2D eigenvalue weighted by Gasteiger charge is -2.36. The molecule has 1 aromatic rings. The SMILES string of the molecule is c1ccc(C2=NC3(CCCC3)[C@@]3(O[C@@H]4CCC[C@H]4S3)S2)cc1. The van der Waals surface area contributed by atoms with Crippen LogP contribution in [0.2, 0.25) is 0 Å². The van der Waals surface area contributed by atoms with E-state index in [1.54, 1.807) is 0 Å². The minimum Gasteiger partial charge on any atom is -0.347 e. The van der Waals surface area contributed by atoms with Gasteiger partial charge in [-0.1, -0.05) is 54.9 Å². The zero-order valence-corrected chi connectivity index (χ0v) is 14.3. The molecule has 2 spiro atoms. The average molecular weight is 332 g/mol. The van der Waals surface area contributed by atoms with Crippen molar-refractivity contribution in [1.82, 2.24) is 0 Å². The van der Waals surface area contributed by atoms with Crippen molar-refractivity contribution in [3.63, 3.8) is 0 Å². The third-order valence-corrected chi connectivity index (χ3v) is 9.01. The number of fused-ring (bicyclic) bond motifs is 2. The lowest BCUT2D eigenvalue weighted by atomic mass is 9.99. The van der Waals surface area contributed by atoms with Crippen LogP contribution in [0.5, 0.6) is 0 Å². The first-order chi connectivity index (χ1) is 10.8. The Hall–Kier alpha value is -0.450. The first-order valence-electron chi connectivity index (χ1n) is 8.50. The summed E-state index contributed by atoms with van der Waals surface area (Å²) in [6.45, 7) is 0. The van der Waals surface area contributed by atoms with Gasteiger partial charge in [-0.2, -0.15) is 0 Å². The Morgan fingerprint density at radius 3 is 2.64 bits per heavy atom. The highest BCUT2D eigenvalue weighted by Crippen LogP contribution is 2.66. The van der Waals surface area contributed by atoms with Crippen LogP contribution in [0.15, 0.2) is 35.3 Å². The zero-order chi connectivity index (χ0) is 14.6. The molecule has 5 rings (SSSR count). The summed E-state index contributed by atoms with van der Waals surface area (Å²) in [5.41, 5.74) is 1.29. The van der Waals surface area contributed by atoms with Crippen molar-refractivity contribution >= 4 is 28.6 Å². The summed E-state index contributed by atoms with van der Waals surface area (Å²) in [5, 5.41) is 1.91. The van der Waals surface area contributed by atoms with E-state index in [4.69, 9.17) is 9.73 Å². The molecule has 0 bridgehead atoms. The number of aliphatic imine (C=N–C) groups is 1. The van der Waals surface area contributed by atoms with Gasteiger partial charge in [0.2, 0.25) is 0 Å². The molecule has 0 aromatic heterocycles. The molecule has 2 aliphatic carbocycles. The molecule has 0 N–H and O–H groups in total. The van der Waals surface area contributed by atoms with Crippen LogP contribution in [0.25, 0.3) is 0 Å². The fourth-order valence-corrected chi connectivity index (χ4v) is 8.26. The first kappa shape index (κ1) is 13.9. The number of hydrogen-bond acceptors (Lipinski definition) is 4. The highest BCUT2D eigenvalue weighted by molar-refractivity contribution is 8.26. The normalized spacial score (nSPS) is 38.8. The van der Waals surface area contributed by atoms with Crippen molar-refractivity contribution in [3.05, 3.63) is 35.9 Å². The van der Waals surface area contributed by atoms with E-state index in [0.29, 0.717) is 11.4 Å². The Kier molecular flexibility index (Phi) is 3.18. The monoisotopic (exact) mass is 331 g/mol. The van der Waals surface area contributed by atoms with Crippen LogP contribution < -0.4 is 0 Å². The van der Waals surface area contributed by atoms with Gasteiger partial charge in [-0.3, -0.25) is 4.99 Å². The van der Waals surface area contributed by atoms with E-state index in [2.05, 4.69) is 42.1 Å². The van der Waals surface area contributed by atoms with Gasteiger partial charge in [0.05, 0.1) is 6.10 Å². The van der Waals surface area contributed by atoms with E-state index in [1.165, 1.54) is 55.6 Å². The van der Waals surface area contributed by atoms with Crippen molar-refractivity contribution in [3.8, 4) is 0 Å². The number of nitrogens with zero attached hydrogens (tertiary/aromatic N) is 1. The second-order valence-corrected chi connectivity index (χ2v) is 9.76. The summed E-state index contributed by atoms with van der Waals surface area (Å²) in [7, 11) is 0. The van der Waals surface area contributed by atoms with Crippen LogP contribution in [0, 0.1) is 0 Å². The van der Waals surface area contributed by atoms with Crippen LogP contribution in [0.3, 0.4) is 0 Å². The lowest BCUT2D eigenvalue weighted by Crippen LogP contribution is -2.43. The van der Waals surface area contributed by atoms with Crippen molar-refractivity contribution in [2.45, 2.75) is 66.1 Å². The first-order valence-corrected chi connectivity index (χ1v) is 10.2. The molecule has 4 aliphatic rings. The summed E-state index contributed by atoms with van der Waals surface area (Å²) in [6, 6.07) is 10.7. The number of benzene rings is 1. The van der Waals surface area contributed by atoms with E-state index < -0.39 is 0 Å². The van der Waals surface area contributed by atoms with Gasteiger partial charge in [-0.15, -0.1) is 11.8 Å². The maximum absolute atomic E-state index is 6.73. The van der Waals surface area contributed by atoms with Crippen molar-refractivity contribution < 1.29 is 4.74 Å². The molecular formula is C18H21NOS2. The van der Waals surface area contributed by atoms with Gasteiger partial charge in [-0.25, -0.2) is 0 Å². The standard InChI is InChI=1S/C18H21NOS2/c1-2-7-13(8-3-1)16-19-17(11-4-5-12-17)18(22-16)20-14-9-6-10-15(14)21-18/h1-3,7-8,14-15H,4-6,9-12H2/t14-,15-,18+/m1/s1. The van der Waals surface area contributed by atoms with Gasteiger partial charge >= 0.3 is 0 Å². The number of ether oxygens (including phenoxy) is 1. The summed E-state index contributed by atoms with van der Waals surface area (Å²) >= 11 is 4.03. The van der Waals surface area contributed by atoms with E-state index in [9.17, 15) is 0 Å². The van der Waals surface area contributed by atoms with Gasteiger partial charge in [0.25, 0.3) is 0 Å². The molecule has 2 nitrogen and oxygen atoms in total. The predicted octanol–water partition coefficient (Wildman–Crippen LogP) is 4.83. The van der Waals surface area contributed by atoms with Gasteiger partial charge < -0.3 is 4.74 Å². The zero-order valence-electron chi connectivity index (χ0n) is 12.7. The second kappa shape index (κ2) is 5.02. The smallest absolute Gasteiger partial charge is 0.192 e. The van der Waals surface area contributed by atoms with Crippen LogP contribution in [0.4, 0.5) is 0 Å². The molecule has 116 valence electrons. The highest BCUT2D eigenvalue weighted by Gasteiger charge is 2.65. The number of thioether (sulfide) groups is 2. The molecule has 2 saturated carbocycles. The van der Waals surface area contributed by atoms with Crippen molar-refractivity contribution in [2.75, 3.05) is 0 Å². The van der Waals surface area contributed by atoms with Crippen LogP contribution in [-0.2, 0) is 4.74 Å². The molecular weight excluding hydrogens is 310 g/mol. The maximum Gasteiger partial charge on any atom is 0.192 e. The van der Waals surface area contributed by atoms with Crippen LogP contribution >= 0.6 is 23.5 Å². The number of hydrogen-bond donors (Lipinski definition) is 0. The predicted molar refractivity (Wildman–Crippen MR) is 94.6 cm³/mol.